The van der Waals surface area contributed by atoms with Gasteiger partial charge in [0.2, 0.25) is 10.0 Å². The topological polar surface area (TPSA) is 75.7 Å². The lowest BCUT2D eigenvalue weighted by Crippen LogP contribution is -2.38. The summed E-state index contributed by atoms with van der Waals surface area (Å²) in [5.41, 5.74) is 0.962. The molecule has 0 aromatic heterocycles. The molecule has 1 fully saturated rings. The average molecular weight is 417 g/mol. The molecule has 0 atom stereocenters. The molecule has 0 unspecified atom stereocenters. The van der Waals surface area contributed by atoms with Crippen molar-refractivity contribution in [3.63, 3.8) is 0 Å². The highest BCUT2D eigenvalue weighted by molar-refractivity contribution is 7.89. The molecule has 0 bridgehead atoms. The molecule has 156 valence electrons. The molecule has 2 aromatic rings. The molecular weight excluding hydrogens is 388 g/mol. The number of nitrogens with zero attached hydrogens (tertiary/aromatic N) is 1. The van der Waals surface area contributed by atoms with E-state index in [1.807, 2.05) is 19.1 Å². The first-order chi connectivity index (χ1) is 13.9. The quantitative estimate of drug-likeness (QED) is 0.730. The van der Waals surface area contributed by atoms with E-state index in [1.165, 1.54) is 22.9 Å². The molecule has 0 aliphatic heterocycles. The highest BCUT2D eigenvalue weighted by atomic mass is 32.2. The summed E-state index contributed by atoms with van der Waals surface area (Å²) in [5, 5.41) is 2.82. The van der Waals surface area contributed by atoms with Crippen LogP contribution in [0.25, 0.3) is 0 Å². The van der Waals surface area contributed by atoms with Gasteiger partial charge in [-0.15, -0.1) is 0 Å². The summed E-state index contributed by atoms with van der Waals surface area (Å²) in [7, 11) is -1.92. The predicted octanol–water partition coefficient (Wildman–Crippen LogP) is 4.29. The fourth-order valence-electron chi connectivity index (χ4n) is 3.63. The van der Waals surface area contributed by atoms with Crippen molar-refractivity contribution in [3.05, 3.63) is 54.1 Å². The molecule has 29 heavy (non-hydrogen) atoms. The van der Waals surface area contributed by atoms with Crippen molar-refractivity contribution in [2.75, 3.05) is 19.0 Å². The Morgan fingerprint density at radius 2 is 1.72 bits per heavy atom. The third-order valence-corrected chi connectivity index (χ3v) is 7.24. The van der Waals surface area contributed by atoms with Crippen molar-refractivity contribution < 1.29 is 17.9 Å². The molecule has 1 amide bonds. The Morgan fingerprint density at radius 3 is 2.38 bits per heavy atom. The first-order valence-electron chi connectivity index (χ1n) is 10.0. The van der Waals surface area contributed by atoms with E-state index in [0.717, 1.165) is 25.7 Å². The molecule has 0 radical (unpaired) electrons. The molecule has 7 heteroatoms. The minimum atomic E-state index is -3.57. The summed E-state index contributed by atoms with van der Waals surface area (Å²) >= 11 is 0. The Hall–Kier alpha value is -2.38. The van der Waals surface area contributed by atoms with E-state index in [9.17, 15) is 13.2 Å². The maximum Gasteiger partial charge on any atom is 0.255 e. The number of hydrogen-bond donors (Lipinski definition) is 1. The Labute approximate surface area is 172 Å². The van der Waals surface area contributed by atoms with Crippen LogP contribution >= 0.6 is 0 Å². The lowest BCUT2D eigenvalue weighted by molar-refractivity contribution is 0.102. The molecule has 2 aromatic carbocycles. The number of anilines is 1. The zero-order chi connectivity index (χ0) is 20.9. The Kier molecular flexibility index (Phi) is 6.92. The fraction of sp³-hybridized carbons (Fsp3) is 0.409. The number of hydrogen-bond acceptors (Lipinski definition) is 4. The van der Waals surface area contributed by atoms with E-state index in [2.05, 4.69) is 5.32 Å². The summed E-state index contributed by atoms with van der Waals surface area (Å²) < 4.78 is 32.9. The maximum absolute atomic E-state index is 12.9. The molecule has 6 nitrogen and oxygen atoms in total. The van der Waals surface area contributed by atoms with Gasteiger partial charge in [-0.2, -0.15) is 4.31 Å². The van der Waals surface area contributed by atoms with Gasteiger partial charge >= 0.3 is 0 Å². The number of ether oxygens (including phenoxy) is 1. The number of carbonyl (C=O) groups excluding carboxylic acids is 1. The van der Waals surface area contributed by atoms with Crippen LogP contribution in [0.5, 0.6) is 5.75 Å². The molecule has 0 heterocycles. The molecular formula is C22H28N2O4S. The lowest BCUT2D eigenvalue weighted by atomic mass is 9.96. The van der Waals surface area contributed by atoms with Crippen LogP contribution in [0.2, 0.25) is 0 Å². The largest absolute Gasteiger partial charge is 0.492 e. The van der Waals surface area contributed by atoms with E-state index in [1.54, 1.807) is 31.3 Å². The lowest BCUT2D eigenvalue weighted by Gasteiger charge is -2.30. The summed E-state index contributed by atoms with van der Waals surface area (Å²) in [4.78, 5) is 12.8. The van der Waals surface area contributed by atoms with Crippen LogP contribution in [0.4, 0.5) is 5.69 Å². The number of sulfonamides is 1. The summed E-state index contributed by atoms with van der Waals surface area (Å²) in [6, 6.07) is 13.3. The van der Waals surface area contributed by atoms with Gasteiger partial charge in [-0.25, -0.2) is 8.42 Å². The third kappa shape index (κ3) is 4.97. The average Bonchev–Trinajstić information content (AvgIpc) is 2.75. The highest BCUT2D eigenvalue weighted by Gasteiger charge is 2.29. The van der Waals surface area contributed by atoms with Crippen molar-refractivity contribution in [3.8, 4) is 5.75 Å². The third-order valence-electron chi connectivity index (χ3n) is 5.32. The molecule has 3 rings (SSSR count). The van der Waals surface area contributed by atoms with Gasteiger partial charge in [0.1, 0.15) is 5.75 Å². The summed E-state index contributed by atoms with van der Waals surface area (Å²) in [6.45, 7) is 2.37. The number of rotatable bonds is 7. The van der Waals surface area contributed by atoms with Crippen molar-refractivity contribution >= 4 is 21.6 Å². The summed E-state index contributed by atoms with van der Waals surface area (Å²) in [5.74, 6) is 0.276. The van der Waals surface area contributed by atoms with Crippen LogP contribution in [0.1, 0.15) is 49.4 Å². The molecule has 0 saturated heterocycles. The summed E-state index contributed by atoms with van der Waals surface area (Å²) in [6.07, 6.45) is 5.09. The molecule has 1 saturated carbocycles. The van der Waals surface area contributed by atoms with E-state index in [0.29, 0.717) is 23.6 Å². The molecule has 1 N–H and O–H groups in total. The number of para-hydroxylation sites is 2. The van der Waals surface area contributed by atoms with E-state index in [-0.39, 0.29) is 16.8 Å². The van der Waals surface area contributed by atoms with Crippen molar-refractivity contribution in [2.24, 2.45) is 0 Å². The maximum atomic E-state index is 12.9. The number of carbonyl (C=O) groups is 1. The van der Waals surface area contributed by atoms with E-state index < -0.39 is 10.0 Å². The Bertz CT molecular complexity index is 936. The SMILES string of the molecule is CCOc1ccccc1NC(=O)c1ccc(S(=O)(=O)N(C)C2CCCCC2)cc1. The van der Waals surface area contributed by atoms with Gasteiger partial charge < -0.3 is 10.1 Å². The van der Waals surface area contributed by atoms with Crippen LogP contribution in [-0.4, -0.2) is 38.3 Å². The van der Waals surface area contributed by atoms with Crippen LogP contribution < -0.4 is 10.1 Å². The van der Waals surface area contributed by atoms with E-state index in [4.69, 9.17) is 4.74 Å². The van der Waals surface area contributed by atoms with Gasteiger partial charge in [0.25, 0.3) is 5.91 Å². The minimum absolute atomic E-state index is 0.0480. The van der Waals surface area contributed by atoms with Crippen LogP contribution in [0.15, 0.2) is 53.4 Å². The Morgan fingerprint density at radius 1 is 1.07 bits per heavy atom. The zero-order valence-electron chi connectivity index (χ0n) is 16.9. The molecule has 1 aliphatic rings. The van der Waals surface area contributed by atoms with Gasteiger partial charge in [-0.3, -0.25) is 4.79 Å². The second-order valence-electron chi connectivity index (χ2n) is 7.22. The second-order valence-corrected chi connectivity index (χ2v) is 9.22. The number of nitrogens with one attached hydrogen (secondary N) is 1. The van der Waals surface area contributed by atoms with Gasteiger partial charge in [0.05, 0.1) is 17.2 Å². The predicted molar refractivity (Wildman–Crippen MR) is 114 cm³/mol. The van der Waals surface area contributed by atoms with Gasteiger partial charge in [0, 0.05) is 18.7 Å². The highest BCUT2D eigenvalue weighted by Crippen LogP contribution is 2.27. The van der Waals surface area contributed by atoms with Crippen molar-refractivity contribution in [1.82, 2.24) is 4.31 Å². The van der Waals surface area contributed by atoms with Crippen LogP contribution in [0.3, 0.4) is 0 Å². The monoisotopic (exact) mass is 416 g/mol. The zero-order valence-corrected chi connectivity index (χ0v) is 17.7. The first kappa shape index (κ1) is 21.3. The van der Waals surface area contributed by atoms with Crippen LogP contribution in [0, 0.1) is 0 Å². The standard InChI is InChI=1S/C22H28N2O4S/c1-3-28-21-12-8-7-11-20(21)23-22(25)17-13-15-19(16-14-17)29(26,27)24(2)18-9-5-4-6-10-18/h7-8,11-16,18H,3-6,9-10H2,1-2H3,(H,23,25). The van der Waals surface area contributed by atoms with E-state index >= 15 is 0 Å². The van der Waals surface area contributed by atoms with Crippen molar-refractivity contribution in [2.45, 2.75) is 50.0 Å². The number of amides is 1. The van der Waals surface area contributed by atoms with Gasteiger partial charge in [-0.05, 0) is 56.2 Å². The van der Waals surface area contributed by atoms with Crippen molar-refractivity contribution in [1.29, 1.82) is 0 Å². The smallest absolute Gasteiger partial charge is 0.255 e. The first-order valence-corrected chi connectivity index (χ1v) is 11.5. The normalized spacial score (nSPS) is 15.3. The van der Waals surface area contributed by atoms with Gasteiger partial charge in [0.15, 0.2) is 0 Å². The molecule has 1 aliphatic carbocycles. The second kappa shape index (κ2) is 9.41. The van der Waals surface area contributed by atoms with Crippen LogP contribution in [-0.2, 0) is 10.0 Å². The molecule has 0 spiro atoms. The fourth-order valence-corrected chi connectivity index (χ4v) is 5.05. The number of benzene rings is 2. The Balaban J connectivity index is 1.73. The minimum Gasteiger partial charge on any atom is -0.492 e. The van der Waals surface area contributed by atoms with Gasteiger partial charge in [-0.1, -0.05) is 31.4 Å².